The molecule has 0 aliphatic carbocycles. The zero-order chi connectivity index (χ0) is 14.2. The molecule has 1 atom stereocenters. The van der Waals surface area contributed by atoms with E-state index in [4.69, 9.17) is 0 Å². The molecule has 0 radical (unpaired) electrons. The van der Waals surface area contributed by atoms with Crippen molar-refractivity contribution in [2.75, 3.05) is 19.6 Å². The molecule has 1 fully saturated rings. The Bertz CT molecular complexity index is 399. The number of amides is 1. The van der Waals surface area contributed by atoms with Crippen molar-refractivity contribution >= 4 is 5.91 Å². The van der Waals surface area contributed by atoms with E-state index in [1.807, 2.05) is 6.07 Å². The van der Waals surface area contributed by atoms with Gasteiger partial charge in [0.2, 0.25) is 5.91 Å². The fourth-order valence-corrected chi connectivity index (χ4v) is 2.82. The first-order valence-corrected chi connectivity index (χ1v) is 7.80. The molecule has 0 saturated carbocycles. The van der Waals surface area contributed by atoms with Gasteiger partial charge in [0.25, 0.3) is 0 Å². The standard InChI is InChI=1S/C17H26N2O/c1-15(19-12-5-6-13-19)14-17(20)18-11-7-10-16-8-3-2-4-9-16/h2-4,8-9,15H,5-7,10-14H2,1H3,(H,18,20)/t15-/m0/s1. The number of rotatable bonds is 7. The average Bonchev–Trinajstić information content (AvgIpc) is 2.99. The minimum absolute atomic E-state index is 0.192. The fourth-order valence-electron chi connectivity index (χ4n) is 2.82. The minimum Gasteiger partial charge on any atom is -0.356 e. The quantitative estimate of drug-likeness (QED) is 0.775. The Hall–Kier alpha value is -1.35. The summed E-state index contributed by atoms with van der Waals surface area (Å²) in [4.78, 5) is 14.3. The van der Waals surface area contributed by atoms with E-state index in [0.29, 0.717) is 12.5 Å². The molecule has 0 spiro atoms. The molecule has 3 heteroatoms. The molecule has 0 bridgehead atoms. The Labute approximate surface area is 122 Å². The molecule has 1 aliphatic rings. The first kappa shape index (κ1) is 15.0. The van der Waals surface area contributed by atoms with Gasteiger partial charge in [-0.2, -0.15) is 0 Å². The van der Waals surface area contributed by atoms with Gasteiger partial charge >= 0.3 is 0 Å². The lowest BCUT2D eigenvalue weighted by molar-refractivity contribution is -0.122. The largest absolute Gasteiger partial charge is 0.356 e. The number of aryl methyl sites for hydroxylation is 1. The Morgan fingerprint density at radius 1 is 1.25 bits per heavy atom. The van der Waals surface area contributed by atoms with Crippen LogP contribution in [-0.2, 0) is 11.2 Å². The van der Waals surface area contributed by atoms with Gasteiger partial charge in [-0.15, -0.1) is 0 Å². The number of benzene rings is 1. The van der Waals surface area contributed by atoms with Crippen molar-refractivity contribution in [1.82, 2.24) is 10.2 Å². The van der Waals surface area contributed by atoms with E-state index in [2.05, 4.69) is 41.4 Å². The third-order valence-corrected chi connectivity index (χ3v) is 4.05. The van der Waals surface area contributed by atoms with Crippen LogP contribution in [0.15, 0.2) is 30.3 Å². The Kier molecular flexibility index (Phi) is 6.06. The van der Waals surface area contributed by atoms with Crippen LogP contribution in [0.5, 0.6) is 0 Å². The van der Waals surface area contributed by atoms with Gasteiger partial charge in [-0.05, 0) is 51.3 Å². The lowest BCUT2D eigenvalue weighted by Gasteiger charge is -2.23. The molecule has 1 aliphatic heterocycles. The van der Waals surface area contributed by atoms with Gasteiger partial charge in [-0.1, -0.05) is 30.3 Å². The molecule has 1 N–H and O–H groups in total. The molecule has 1 aromatic carbocycles. The summed E-state index contributed by atoms with van der Waals surface area (Å²) in [5.41, 5.74) is 1.34. The summed E-state index contributed by atoms with van der Waals surface area (Å²) in [5, 5.41) is 3.04. The molecule has 0 unspecified atom stereocenters. The van der Waals surface area contributed by atoms with E-state index in [1.54, 1.807) is 0 Å². The van der Waals surface area contributed by atoms with E-state index >= 15 is 0 Å². The van der Waals surface area contributed by atoms with Gasteiger partial charge in [-0.25, -0.2) is 0 Å². The Morgan fingerprint density at radius 3 is 2.65 bits per heavy atom. The molecule has 2 rings (SSSR count). The summed E-state index contributed by atoms with van der Waals surface area (Å²) in [6.45, 7) is 5.25. The summed E-state index contributed by atoms with van der Waals surface area (Å²) in [7, 11) is 0. The number of hydrogen-bond donors (Lipinski definition) is 1. The smallest absolute Gasteiger partial charge is 0.221 e. The van der Waals surface area contributed by atoms with E-state index in [-0.39, 0.29) is 5.91 Å². The Balaban J connectivity index is 1.58. The molecular weight excluding hydrogens is 248 g/mol. The fraction of sp³-hybridized carbons (Fsp3) is 0.588. The Morgan fingerprint density at radius 2 is 1.95 bits per heavy atom. The summed E-state index contributed by atoms with van der Waals surface area (Å²) in [6.07, 6.45) is 5.23. The molecule has 0 aromatic heterocycles. The van der Waals surface area contributed by atoms with Crippen molar-refractivity contribution in [3.8, 4) is 0 Å². The summed E-state index contributed by atoms with van der Waals surface area (Å²) in [6, 6.07) is 10.8. The minimum atomic E-state index is 0.192. The van der Waals surface area contributed by atoms with Crippen molar-refractivity contribution in [2.24, 2.45) is 0 Å². The highest BCUT2D eigenvalue weighted by atomic mass is 16.1. The highest BCUT2D eigenvalue weighted by Crippen LogP contribution is 2.13. The van der Waals surface area contributed by atoms with Crippen LogP contribution >= 0.6 is 0 Å². The van der Waals surface area contributed by atoms with E-state index in [9.17, 15) is 4.79 Å². The van der Waals surface area contributed by atoms with Crippen LogP contribution in [0.3, 0.4) is 0 Å². The third kappa shape index (κ3) is 4.97. The maximum absolute atomic E-state index is 11.9. The normalized spacial score (nSPS) is 17.1. The van der Waals surface area contributed by atoms with Crippen molar-refractivity contribution in [1.29, 1.82) is 0 Å². The van der Waals surface area contributed by atoms with Crippen molar-refractivity contribution < 1.29 is 4.79 Å². The summed E-state index contributed by atoms with van der Waals surface area (Å²) in [5.74, 6) is 0.192. The third-order valence-electron chi connectivity index (χ3n) is 4.05. The lowest BCUT2D eigenvalue weighted by Crippen LogP contribution is -2.36. The molecule has 110 valence electrons. The highest BCUT2D eigenvalue weighted by Gasteiger charge is 2.19. The van der Waals surface area contributed by atoms with Crippen molar-refractivity contribution in [3.63, 3.8) is 0 Å². The molecule has 3 nitrogen and oxygen atoms in total. The van der Waals surface area contributed by atoms with Gasteiger partial charge in [0.1, 0.15) is 0 Å². The molecular formula is C17H26N2O. The van der Waals surface area contributed by atoms with Crippen molar-refractivity contribution in [2.45, 2.75) is 45.1 Å². The maximum Gasteiger partial charge on any atom is 0.221 e. The van der Waals surface area contributed by atoms with Gasteiger partial charge in [0, 0.05) is 19.0 Å². The number of nitrogens with one attached hydrogen (secondary N) is 1. The van der Waals surface area contributed by atoms with E-state index in [1.165, 1.54) is 18.4 Å². The lowest BCUT2D eigenvalue weighted by atomic mass is 10.1. The summed E-state index contributed by atoms with van der Waals surface area (Å²) < 4.78 is 0. The maximum atomic E-state index is 11.9. The SMILES string of the molecule is C[C@@H](CC(=O)NCCCc1ccccc1)N1CCCC1. The second-order valence-corrected chi connectivity index (χ2v) is 5.74. The molecule has 1 saturated heterocycles. The van der Waals surface area contributed by atoms with Crippen LogP contribution in [0.2, 0.25) is 0 Å². The second-order valence-electron chi connectivity index (χ2n) is 5.74. The highest BCUT2D eigenvalue weighted by molar-refractivity contribution is 5.76. The van der Waals surface area contributed by atoms with Gasteiger partial charge < -0.3 is 10.2 Å². The first-order valence-electron chi connectivity index (χ1n) is 7.80. The molecule has 20 heavy (non-hydrogen) atoms. The van der Waals surface area contributed by atoms with Crippen LogP contribution in [0.4, 0.5) is 0 Å². The predicted octanol–water partition coefficient (Wildman–Crippen LogP) is 2.61. The van der Waals surface area contributed by atoms with Crippen LogP contribution in [-0.4, -0.2) is 36.5 Å². The van der Waals surface area contributed by atoms with Gasteiger partial charge in [-0.3, -0.25) is 4.79 Å². The molecule has 1 heterocycles. The summed E-state index contributed by atoms with van der Waals surface area (Å²) >= 11 is 0. The first-order chi connectivity index (χ1) is 9.75. The number of nitrogens with zero attached hydrogens (tertiary/aromatic N) is 1. The number of carbonyl (C=O) groups excluding carboxylic acids is 1. The number of carbonyl (C=O) groups is 1. The van der Waals surface area contributed by atoms with Gasteiger partial charge in [0.05, 0.1) is 0 Å². The average molecular weight is 274 g/mol. The van der Waals surface area contributed by atoms with E-state index in [0.717, 1.165) is 32.5 Å². The number of hydrogen-bond acceptors (Lipinski definition) is 2. The molecule has 1 amide bonds. The van der Waals surface area contributed by atoms with Crippen LogP contribution in [0.25, 0.3) is 0 Å². The predicted molar refractivity (Wildman–Crippen MR) is 82.7 cm³/mol. The second kappa shape index (κ2) is 8.05. The zero-order valence-corrected chi connectivity index (χ0v) is 12.5. The number of likely N-dealkylation sites (tertiary alicyclic amines) is 1. The molecule has 1 aromatic rings. The van der Waals surface area contributed by atoms with Crippen LogP contribution in [0.1, 0.15) is 38.2 Å². The van der Waals surface area contributed by atoms with Crippen LogP contribution in [0, 0.1) is 0 Å². The van der Waals surface area contributed by atoms with Crippen LogP contribution < -0.4 is 5.32 Å². The van der Waals surface area contributed by atoms with Gasteiger partial charge in [0.15, 0.2) is 0 Å². The monoisotopic (exact) mass is 274 g/mol. The topological polar surface area (TPSA) is 32.3 Å². The zero-order valence-electron chi connectivity index (χ0n) is 12.5. The van der Waals surface area contributed by atoms with Crippen molar-refractivity contribution in [3.05, 3.63) is 35.9 Å². The van der Waals surface area contributed by atoms with E-state index < -0.39 is 0 Å².